The van der Waals surface area contributed by atoms with Crippen LogP contribution in [0.5, 0.6) is 5.75 Å². The summed E-state index contributed by atoms with van der Waals surface area (Å²) in [6.07, 6.45) is 0. The summed E-state index contributed by atoms with van der Waals surface area (Å²) in [5.74, 6) is 0.289. The summed E-state index contributed by atoms with van der Waals surface area (Å²) in [7, 11) is -11.6. The van der Waals surface area contributed by atoms with Gasteiger partial charge < -0.3 is 21.6 Å². The lowest BCUT2D eigenvalue weighted by Gasteiger charge is -2.39. The van der Waals surface area contributed by atoms with E-state index in [0.29, 0.717) is 0 Å². The summed E-state index contributed by atoms with van der Waals surface area (Å²) < 4.78 is 26.1. The Morgan fingerprint density at radius 2 is 0.650 bits per heavy atom. The van der Waals surface area contributed by atoms with E-state index in [9.17, 15) is 5.11 Å². The van der Waals surface area contributed by atoms with Gasteiger partial charge in [0.05, 0.1) is 0 Å². The number of benzene rings is 2. The van der Waals surface area contributed by atoms with Crippen LogP contribution in [0.3, 0.4) is 0 Å². The van der Waals surface area contributed by atoms with Gasteiger partial charge in [-0.1, -0.05) is 35.4 Å². The van der Waals surface area contributed by atoms with Crippen molar-refractivity contribution in [2.24, 2.45) is 0 Å². The molecule has 2 aromatic rings. The highest BCUT2D eigenvalue weighted by atomic mass is 28.5. The van der Waals surface area contributed by atoms with Crippen LogP contribution in [0, 0.1) is 20.8 Å². The second kappa shape index (κ2) is 13.4. The molecule has 0 atom stereocenters. The molecule has 0 fully saturated rings. The molecule has 0 radical (unpaired) electrons. The van der Waals surface area contributed by atoms with Crippen molar-refractivity contribution in [3.05, 3.63) is 53.1 Å². The summed E-state index contributed by atoms with van der Waals surface area (Å²) in [5.41, 5.74) is 3.62. The van der Waals surface area contributed by atoms with Gasteiger partial charge in [-0.25, -0.2) is 0 Å². The van der Waals surface area contributed by atoms with Crippen molar-refractivity contribution in [1.82, 2.24) is 0 Å². The predicted octanol–water partition coefficient (Wildman–Crippen LogP) is 7.97. The van der Waals surface area contributed by atoms with Crippen LogP contribution in [-0.2, 0) is 16.5 Å². The topological polar surface area (TPSA) is 57.2 Å². The van der Waals surface area contributed by atoms with Crippen molar-refractivity contribution in [2.45, 2.75) is 112 Å². The molecular formula is C29H58O5Si6. The smallest absolute Gasteiger partial charge is 0.348 e. The Labute approximate surface area is 252 Å². The maximum absolute atomic E-state index is 9.89. The first-order valence-corrected chi connectivity index (χ1v) is 32.6. The van der Waals surface area contributed by atoms with E-state index in [2.05, 4.69) is 130 Å². The molecule has 0 saturated heterocycles. The molecule has 5 nitrogen and oxygen atoms in total. The van der Waals surface area contributed by atoms with Crippen LogP contribution in [0.1, 0.15) is 16.7 Å². The molecule has 40 heavy (non-hydrogen) atoms. The highest BCUT2D eigenvalue weighted by Crippen LogP contribution is 2.24. The molecule has 0 spiro atoms. The second-order valence-corrected chi connectivity index (χ2v) is 40.3. The lowest BCUT2D eigenvalue weighted by molar-refractivity contribution is 0.402. The van der Waals surface area contributed by atoms with Crippen LogP contribution in [-0.4, -0.2) is 55.5 Å². The first kappa shape index (κ1) is 37.4. The average Bonchev–Trinajstić information content (AvgIpc) is 2.60. The van der Waals surface area contributed by atoms with E-state index >= 15 is 0 Å². The Bertz CT molecular complexity index is 966. The molecule has 1 N–H and O–H groups in total. The number of rotatable bonds is 10. The van der Waals surface area contributed by atoms with E-state index in [-0.39, 0.29) is 5.75 Å². The second-order valence-electron chi connectivity index (χ2n) is 15.2. The number of phenols is 1. The molecule has 0 aromatic heterocycles. The summed E-state index contributed by atoms with van der Waals surface area (Å²) in [5, 5.41) is 12.2. The molecule has 0 saturated carbocycles. The van der Waals surface area contributed by atoms with Crippen molar-refractivity contribution in [3.63, 3.8) is 0 Å². The fourth-order valence-electron chi connectivity index (χ4n) is 4.88. The van der Waals surface area contributed by atoms with E-state index in [1.54, 1.807) is 12.1 Å². The SMILES string of the molecule is Cc1cc(C)cc([Si](C)(O[Si](C)(C)C)O[Si](C)(C)C)c1.Cc1cc(O)cc([Si](C)(O[Si](C)(C)C)O[Si](C)(C)C)c1. The van der Waals surface area contributed by atoms with Crippen molar-refractivity contribution in [3.8, 4) is 5.75 Å². The lowest BCUT2D eigenvalue weighted by atomic mass is 10.2. The zero-order valence-corrected chi connectivity index (χ0v) is 34.5. The van der Waals surface area contributed by atoms with Gasteiger partial charge in [0.25, 0.3) is 0 Å². The molecule has 2 aromatic carbocycles. The Kier molecular flexibility index (Phi) is 12.5. The fourth-order valence-corrected chi connectivity index (χ4v) is 28.4. The van der Waals surface area contributed by atoms with Crippen molar-refractivity contribution < 1.29 is 21.6 Å². The van der Waals surface area contributed by atoms with Gasteiger partial charge in [-0.3, -0.25) is 0 Å². The quantitative estimate of drug-likeness (QED) is 0.264. The monoisotopic (exact) mass is 654 g/mol. The third-order valence-electron chi connectivity index (χ3n) is 5.34. The van der Waals surface area contributed by atoms with Crippen molar-refractivity contribution >= 4 is 60.8 Å². The van der Waals surface area contributed by atoms with Crippen LogP contribution in [0.15, 0.2) is 36.4 Å². The number of hydrogen-bond donors (Lipinski definition) is 1. The third-order valence-corrected chi connectivity index (χ3v) is 24.0. The molecule has 0 amide bonds. The average molecular weight is 655 g/mol. The molecule has 0 aliphatic heterocycles. The number of aromatic hydroxyl groups is 1. The van der Waals surface area contributed by atoms with E-state index in [1.807, 2.05) is 6.92 Å². The zero-order chi connectivity index (χ0) is 31.5. The van der Waals surface area contributed by atoms with Crippen LogP contribution in [0.4, 0.5) is 0 Å². The van der Waals surface area contributed by atoms with E-state index in [0.717, 1.165) is 10.8 Å². The molecule has 0 heterocycles. The zero-order valence-electron chi connectivity index (χ0n) is 28.5. The Morgan fingerprint density at radius 1 is 0.400 bits per heavy atom. The predicted molar refractivity (Wildman–Crippen MR) is 189 cm³/mol. The number of phenolic OH excluding ortho intramolecular Hbond substituents is 1. The minimum absolute atomic E-state index is 0.289. The minimum atomic E-state index is -2.50. The van der Waals surface area contributed by atoms with Crippen LogP contribution >= 0.6 is 0 Å². The Morgan fingerprint density at radius 3 is 0.900 bits per heavy atom. The fraction of sp³-hybridized carbons (Fsp3) is 0.586. The summed E-state index contributed by atoms with van der Waals surface area (Å²) in [6.45, 7) is 37.2. The summed E-state index contributed by atoms with van der Waals surface area (Å²) in [4.78, 5) is 0. The van der Waals surface area contributed by atoms with Gasteiger partial charge in [0.2, 0.25) is 0 Å². The van der Waals surface area contributed by atoms with E-state index in [1.165, 1.54) is 16.3 Å². The van der Waals surface area contributed by atoms with Crippen LogP contribution in [0.25, 0.3) is 0 Å². The number of aryl methyl sites for hydroxylation is 3. The van der Waals surface area contributed by atoms with Crippen molar-refractivity contribution in [2.75, 3.05) is 0 Å². The molecule has 0 bridgehead atoms. The van der Waals surface area contributed by atoms with Crippen LogP contribution < -0.4 is 10.4 Å². The minimum Gasteiger partial charge on any atom is -0.508 e. The lowest BCUT2D eigenvalue weighted by Crippen LogP contribution is -2.60. The first-order chi connectivity index (χ1) is 17.6. The van der Waals surface area contributed by atoms with Gasteiger partial charge in [0.1, 0.15) is 5.75 Å². The molecule has 2 rings (SSSR count). The Balaban J connectivity index is 0.000000400. The maximum atomic E-state index is 9.89. The van der Waals surface area contributed by atoms with Crippen molar-refractivity contribution in [1.29, 1.82) is 0 Å². The highest BCUT2D eigenvalue weighted by Gasteiger charge is 2.43. The molecular weight excluding hydrogens is 597 g/mol. The van der Waals surface area contributed by atoms with Crippen LogP contribution in [0.2, 0.25) is 91.7 Å². The molecule has 0 aliphatic rings. The van der Waals surface area contributed by atoms with E-state index in [4.69, 9.17) is 16.5 Å². The largest absolute Gasteiger partial charge is 0.508 e. The molecule has 228 valence electrons. The maximum Gasteiger partial charge on any atom is 0.348 e. The van der Waals surface area contributed by atoms with Gasteiger partial charge in [-0.15, -0.1) is 0 Å². The molecule has 0 aliphatic carbocycles. The standard InChI is InChI=1S/C15H30O2Si3.C14H28O3Si3/c1-13-10-14(2)12-15(11-13)20(9,16-18(3,4)5)17-19(6,7)8;1-12-9-13(15)11-14(10-12)20(8,16-18(2,3)4)17-19(5,6)7/h10-12H,1-9H3;9-11,15H,1-8H3. The number of hydrogen-bond acceptors (Lipinski definition) is 5. The summed E-state index contributed by atoms with van der Waals surface area (Å²) in [6, 6.07) is 12.4. The van der Waals surface area contributed by atoms with Gasteiger partial charge in [-0.2, -0.15) is 0 Å². The van der Waals surface area contributed by atoms with Gasteiger partial charge in [-0.05, 0) is 140 Å². The molecule has 0 unspecified atom stereocenters. The molecule has 11 heteroatoms. The van der Waals surface area contributed by atoms with E-state index < -0.39 is 50.4 Å². The Hall–Kier alpha value is -0.619. The third kappa shape index (κ3) is 14.0. The summed E-state index contributed by atoms with van der Waals surface area (Å²) >= 11 is 0. The first-order valence-electron chi connectivity index (χ1n) is 14.3. The van der Waals surface area contributed by atoms with Gasteiger partial charge >= 0.3 is 17.1 Å². The normalized spacial score (nSPS) is 13.6. The van der Waals surface area contributed by atoms with Gasteiger partial charge in [0, 0.05) is 0 Å². The highest BCUT2D eigenvalue weighted by molar-refractivity contribution is 6.95. The van der Waals surface area contributed by atoms with Gasteiger partial charge in [0.15, 0.2) is 33.3 Å².